The number of carbonyl (C=O) groups is 1. The van der Waals surface area contributed by atoms with Gasteiger partial charge in [0.05, 0.1) is 18.9 Å². The van der Waals surface area contributed by atoms with Gasteiger partial charge in [-0.15, -0.1) is 0 Å². The molecule has 0 aliphatic carbocycles. The SMILES string of the molecule is CCOc1ccc(COc2ccc3c(C(C)NC(C)=O)coc3c2)cc1. The van der Waals surface area contributed by atoms with Crippen molar-refractivity contribution < 1.29 is 18.7 Å². The van der Waals surface area contributed by atoms with Gasteiger partial charge in [-0.3, -0.25) is 4.79 Å². The Morgan fingerprint density at radius 1 is 1.12 bits per heavy atom. The summed E-state index contributed by atoms with van der Waals surface area (Å²) in [7, 11) is 0. The quantitative estimate of drug-likeness (QED) is 0.674. The minimum Gasteiger partial charge on any atom is -0.494 e. The molecule has 2 aromatic carbocycles. The molecule has 5 nitrogen and oxygen atoms in total. The zero-order valence-electron chi connectivity index (χ0n) is 15.2. The van der Waals surface area contributed by atoms with E-state index < -0.39 is 0 Å². The number of hydrogen-bond donors (Lipinski definition) is 1. The summed E-state index contributed by atoms with van der Waals surface area (Å²) < 4.78 is 16.9. The molecular formula is C21H23NO4. The van der Waals surface area contributed by atoms with Gasteiger partial charge in [0.1, 0.15) is 23.7 Å². The van der Waals surface area contributed by atoms with Crippen molar-refractivity contribution in [3.8, 4) is 11.5 Å². The van der Waals surface area contributed by atoms with E-state index in [1.165, 1.54) is 6.92 Å². The lowest BCUT2D eigenvalue weighted by molar-refractivity contribution is -0.119. The first-order valence-corrected chi connectivity index (χ1v) is 8.69. The zero-order chi connectivity index (χ0) is 18.5. The van der Waals surface area contributed by atoms with E-state index in [1.807, 2.05) is 56.3 Å². The normalized spacial score (nSPS) is 12.0. The van der Waals surface area contributed by atoms with Crippen molar-refractivity contribution in [2.75, 3.05) is 6.61 Å². The molecule has 5 heteroatoms. The predicted molar refractivity (Wildman–Crippen MR) is 100 cm³/mol. The number of nitrogens with one attached hydrogen (secondary N) is 1. The van der Waals surface area contributed by atoms with Crippen LogP contribution in [-0.2, 0) is 11.4 Å². The molecule has 0 spiro atoms. The third-order valence-electron chi connectivity index (χ3n) is 4.10. The van der Waals surface area contributed by atoms with Crippen LogP contribution in [-0.4, -0.2) is 12.5 Å². The van der Waals surface area contributed by atoms with Crippen LogP contribution in [0.2, 0.25) is 0 Å². The number of carbonyl (C=O) groups excluding carboxylic acids is 1. The Hall–Kier alpha value is -2.95. The van der Waals surface area contributed by atoms with Gasteiger partial charge in [0, 0.05) is 23.9 Å². The largest absolute Gasteiger partial charge is 0.494 e. The van der Waals surface area contributed by atoms with E-state index in [1.54, 1.807) is 6.26 Å². The summed E-state index contributed by atoms with van der Waals surface area (Å²) in [5.74, 6) is 1.52. The van der Waals surface area contributed by atoms with E-state index >= 15 is 0 Å². The molecule has 0 aliphatic rings. The molecular weight excluding hydrogens is 330 g/mol. The Labute approximate surface area is 152 Å². The van der Waals surface area contributed by atoms with Crippen molar-refractivity contribution in [2.24, 2.45) is 0 Å². The molecule has 1 aromatic heterocycles. The highest BCUT2D eigenvalue weighted by Gasteiger charge is 2.14. The van der Waals surface area contributed by atoms with Crippen LogP contribution >= 0.6 is 0 Å². The summed E-state index contributed by atoms with van der Waals surface area (Å²) in [5.41, 5.74) is 2.75. The number of rotatable bonds is 7. The van der Waals surface area contributed by atoms with Crippen LogP contribution in [0.25, 0.3) is 11.0 Å². The summed E-state index contributed by atoms with van der Waals surface area (Å²) >= 11 is 0. The van der Waals surface area contributed by atoms with Crippen molar-refractivity contribution in [3.05, 3.63) is 59.9 Å². The number of fused-ring (bicyclic) bond motifs is 1. The van der Waals surface area contributed by atoms with Crippen molar-refractivity contribution in [2.45, 2.75) is 33.4 Å². The monoisotopic (exact) mass is 353 g/mol. The third-order valence-corrected chi connectivity index (χ3v) is 4.10. The van der Waals surface area contributed by atoms with E-state index in [0.717, 1.165) is 33.6 Å². The fraction of sp³-hybridized carbons (Fsp3) is 0.286. The van der Waals surface area contributed by atoms with Crippen LogP contribution in [0.4, 0.5) is 0 Å². The predicted octanol–water partition coefficient (Wildman–Crippen LogP) is 4.61. The third kappa shape index (κ3) is 4.17. The van der Waals surface area contributed by atoms with Crippen LogP contribution in [0.15, 0.2) is 53.1 Å². The van der Waals surface area contributed by atoms with Gasteiger partial charge < -0.3 is 19.2 Å². The van der Waals surface area contributed by atoms with Crippen LogP contribution < -0.4 is 14.8 Å². The summed E-state index contributed by atoms with van der Waals surface area (Å²) in [5, 5.41) is 3.84. The Bertz CT molecular complexity index is 883. The van der Waals surface area contributed by atoms with E-state index in [2.05, 4.69) is 5.32 Å². The molecule has 3 aromatic rings. The highest BCUT2D eigenvalue weighted by molar-refractivity contribution is 5.83. The molecule has 0 aliphatic heterocycles. The number of benzene rings is 2. The Kier molecular flexibility index (Phi) is 5.46. The second-order valence-electron chi connectivity index (χ2n) is 6.14. The average molecular weight is 353 g/mol. The second kappa shape index (κ2) is 7.95. The van der Waals surface area contributed by atoms with Gasteiger partial charge in [0.15, 0.2) is 0 Å². The van der Waals surface area contributed by atoms with Crippen LogP contribution in [0, 0.1) is 0 Å². The van der Waals surface area contributed by atoms with Gasteiger partial charge in [-0.2, -0.15) is 0 Å². The standard InChI is InChI=1S/C21H23NO4/c1-4-24-17-7-5-16(6-8-17)12-25-18-9-10-19-20(13-26-21(19)11-18)14(2)22-15(3)23/h5-11,13-14H,4,12H2,1-3H3,(H,22,23). The number of hydrogen-bond acceptors (Lipinski definition) is 4. The van der Waals surface area contributed by atoms with Crippen molar-refractivity contribution in [1.29, 1.82) is 0 Å². The highest BCUT2D eigenvalue weighted by atomic mass is 16.5. The minimum absolute atomic E-state index is 0.0674. The Morgan fingerprint density at radius 2 is 1.85 bits per heavy atom. The van der Waals surface area contributed by atoms with Crippen LogP contribution in [0.3, 0.4) is 0 Å². The first-order chi connectivity index (χ1) is 12.6. The molecule has 136 valence electrons. The lowest BCUT2D eigenvalue weighted by Crippen LogP contribution is -2.23. The molecule has 1 atom stereocenters. The van der Waals surface area contributed by atoms with Gasteiger partial charge in [-0.05, 0) is 43.7 Å². The van der Waals surface area contributed by atoms with E-state index in [4.69, 9.17) is 13.9 Å². The van der Waals surface area contributed by atoms with Gasteiger partial charge >= 0.3 is 0 Å². The first kappa shape index (κ1) is 17.9. The number of furan rings is 1. The smallest absolute Gasteiger partial charge is 0.217 e. The Balaban J connectivity index is 1.68. The second-order valence-corrected chi connectivity index (χ2v) is 6.14. The zero-order valence-corrected chi connectivity index (χ0v) is 15.2. The minimum atomic E-state index is -0.107. The first-order valence-electron chi connectivity index (χ1n) is 8.69. The van der Waals surface area contributed by atoms with E-state index in [9.17, 15) is 4.79 Å². The molecule has 1 N–H and O–H groups in total. The van der Waals surface area contributed by atoms with Crippen LogP contribution in [0.1, 0.15) is 37.9 Å². The summed E-state index contributed by atoms with van der Waals surface area (Å²) in [4.78, 5) is 11.2. The molecule has 26 heavy (non-hydrogen) atoms. The summed E-state index contributed by atoms with van der Waals surface area (Å²) in [6, 6.07) is 13.5. The van der Waals surface area contributed by atoms with E-state index in [-0.39, 0.29) is 11.9 Å². The van der Waals surface area contributed by atoms with Crippen molar-refractivity contribution in [1.82, 2.24) is 5.32 Å². The molecule has 0 fully saturated rings. The molecule has 0 saturated carbocycles. The molecule has 0 radical (unpaired) electrons. The molecule has 3 rings (SSSR count). The lowest BCUT2D eigenvalue weighted by atomic mass is 10.1. The van der Waals surface area contributed by atoms with Gasteiger partial charge in [0.2, 0.25) is 5.91 Å². The maximum absolute atomic E-state index is 11.2. The van der Waals surface area contributed by atoms with Gasteiger partial charge in [-0.25, -0.2) is 0 Å². The van der Waals surface area contributed by atoms with Gasteiger partial charge in [-0.1, -0.05) is 12.1 Å². The van der Waals surface area contributed by atoms with Crippen molar-refractivity contribution >= 4 is 16.9 Å². The topological polar surface area (TPSA) is 60.7 Å². The highest BCUT2D eigenvalue weighted by Crippen LogP contribution is 2.29. The fourth-order valence-electron chi connectivity index (χ4n) is 2.85. The van der Waals surface area contributed by atoms with Gasteiger partial charge in [0.25, 0.3) is 0 Å². The Morgan fingerprint density at radius 3 is 2.54 bits per heavy atom. The molecule has 1 heterocycles. The van der Waals surface area contributed by atoms with Crippen molar-refractivity contribution in [3.63, 3.8) is 0 Å². The number of amides is 1. The number of ether oxygens (including phenoxy) is 2. The van der Waals surface area contributed by atoms with E-state index in [0.29, 0.717) is 13.2 Å². The summed E-state index contributed by atoms with van der Waals surface area (Å²) in [6.45, 7) is 6.52. The molecule has 1 amide bonds. The summed E-state index contributed by atoms with van der Waals surface area (Å²) in [6.07, 6.45) is 1.68. The maximum Gasteiger partial charge on any atom is 0.217 e. The molecule has 0 saturated heterocycles. The maximum atomic E-state index is 11.2. The lowest BCUT2D eigenvalue weighted by Gasteiger charge is -2.11. The molecule has 0 bridgehead atoms. The van der Waals surface area contributed by atoms with Crippen LogP contribution in [0.5, 0.6) is 11.5 Å². The fourth-order valence-corrected chi connectivity index (χ4v) is 2.85. The average Bonchev–Trinajstić information content (AvgIpc) is 3.04. The molecule has 1 unspecified atom stereocenters.